The molecule has 0 bridgehead atoms. The Kier molecular flexibility index (Phi) is 6.96. The fourth-order valence-corrected chi connectivity index (χ4v) is 4.25. The Bertz CT molecular complexity index is 1140. The summed E-state index contributed by atoms with van der Waals surface area (Å²) in [7, 11) is -4.13. The number of hydrogen-bond donors (Lipinski definition) is 2. The number of carbonyl (C=O) groups excluding carboxylic acids is 1. The van der Waals surface area contributed by atoms with Crippen molar-refractivity contribution in [3.63, 3.8) is 0 Å². The van der Waals surface area contributed by atoms with E-state index in [0.29, 0.717) is 10.0 Å². The summed E-state index contributed by atoms with van der Waals surface area (Å²) < 4.78 is 55.5. The Morgan fingerprint density at radius 3 is 2.27 bits per heavy atom. The van der Waals surface area contributed by atoms with E-state index in [2.05, 4.69) is 26.0 Å². The zero-order chi connectivity index (χ0) is 21.7. The minimum absolute atomic E-state index is 0.0330. The number of hydrogen-bond acceptors (Lipinski definition) is 3. The van der Waals surface area contributed by atoms with Gasteiger partial charge in [-0.25, -0.2) is 17.2 Å². The summed E-state index contributed by atoms with van der Waals surface area (Å²) in [6, 6.07) is 15.9. The zero-order valence-corrected chi connectivity index (χ0v) is 17.9. The predicted octanol–water partition coefficient (Wildman–Crippen LogP) is 4.26. The molecule has 1 amide bonds. The molecule has 0 heterocycles. The number of benzene rings is 3. The van der Waals surface area contributed by atoms with E-state index >= 15 is 0 Å². The van der Waals surface area contributed by atoms with E-state index in [9.17, 15) is 22.0 Å². The Morgan fingerprint density at radius 2 is 1.63 bits per heavy atom. The van der Waals surface area contributed by atoms with Gasteiger partial charge in [0.2, 0.25) is 15.9 Å². The molecule has 0 aliphatic heterocycles. The van der Waals surface area contributed by atoms with Crippen LogP contribution in [0.25, 0.3) is 0 Å². The van der Waals surface area contributed by atoms with E-state index in [0.717, 1.165) is 24.3 Å². The van der Waals surface area contributed by atoms with Gasteiger partial charge in [-0.15, -0.1) is 0 Å². The Morgan fingerprint density at radius 1 is 0.967 bits per heavy atom. The number of amides is 1. The lowest BCUT2D eigenvalue weighted by Crippen LogP contribution is -2.45. The van der Waals surface area contributed by atoms with Crippen LogP contribution in [0.3, 0.4) is 0 Å². The summed E-state index contributed by atoms with van der Waals surface area (Å²) >= 11 is 3.14. The molecule has 0 saturated carbocycles. The van der Waals surface area contributed by atoms with Crippen molar-refractivity contribution in [3.8, 4) is 0 Å². The van der Waals surface area contributed by atoms with E-state index in [4.69, 9.17) is 0 Å². The maximum Gasteiger partial charge on any atom is 0.242 e. The molecular weight excluding hydrogens is 478 g/mol. The summed E-state index contributed by atoms with van der Waals surface area (Å²) in [6.45, 7) is 0. The van der Waals surface area contributed by atoms with Crippen molar-refractivity contribution < 1.29 is 22.0 Å². The first kappa shape index (κ1) is 22.1. The van der Waals surface area contributed by atoms with Gasteiger partial charge >= 0.3 is 0 Å². The first-order valence-corrected chi connectivity index (χ1v) is 11.1. The fourth-order valence-electron chi connectivity index (χ4n) is 2.72. The van der Waals surface area contributed by atoms with Crippen molar-refractivity contribution in [2.75, 3.05) is 5.32 Å². The van der Waals surface area contributed by atoms with Crippen molar-refractivity contribution in [3.05, 3.63) is 94.5 Å². The highest BCUT2D eigenvalue weighted by atomic mass is 79.9. The van der Waals surface area contributed by atoms with Crippen LogP contribution in [0.1, 0.15) is 5.56 Å². The summed E-state index contributed by atoms with van der Waals surface area (Å²) in [5.41, 5.74) is 0.623. The molecule has 156 valence electrons. The third-order valence-corrected chi connectivity index (χ3v) is 6.19. The topological polar surface area (TPSA) is 75.3 Å². The van der Waals surface area contributed by atoms with Crippen molar-refractivity contribution in [1.82, 2.24) is 4.72 Å². The molecule has 0 aliphatic carbocycles. The molecule has 0 aliphatic rings. The minimum Gasteiger partial charge on any atom is -0.322 e. The Balaban J connectivity index is 1.87. The second-order valence-corrected chi connectivity index (χ2v) is 9.06. The first-order chi connectivity index (χ1) is 14.2. The summed E-state index contributed by atoms with van der Waals surface area (Å²) in [5.74, 6) is -1.98. The highest BCUT2D eigenvalue weighted by Crippen LogP contribution is 2.20. The molecule has 3 aromatic carbocycles. The Hall–Kier alpha value is -2.62. The molecule has 3 rings (SSSR count). The predicted molar refractivity (Wildman–Crippen MR) is 113 cm³/mol. The number of halogens is 3. The lowest BCUT2D eigenvalue weighted by Gasteiger charge is -2.19. The molecule has 0 saturated heterocycles. The summed E-state index contributed by atoms with van der Waals surface area (Å²) in [5, 5.41) is 2.42. The number of carbonyl (C=O) groups is 1. The molecule has 0 aromatic heterocycles. The average molecular weight is 495 g/mol. The fraction of sp³-hybridized carbons (Fsp3) is 0.0952. The van der Waals surface area contributed by atoms with Crippen LogP contribution < -0.4 is 10.0 Å². The van der Waals surface area contributed by atoms with E-state index in [1.165, 1.54) is 12.1 Å². The molecular formula is C21H17BrF2N2O3S. The van der Waals surface area contributed by atoms with E-state index < -0.39 is 33.6 Å². The molecule has 9 heteroatoms. The number of nitrogens with one attached hydrogen (secondary N) is 2. The van der Waals surface area contributed by atoms with Crippen LogP contribution >= 0.6 is 15.9 Å². The van der Waals surface area contributed by atoms with Crippen LogP contribution in [0.15, 0.2) is 82.2 Å². The maximum absolute atomic E-state index is 14.1. The molecule has 2 N–H and O–H groups in total. The van der Waals surface area contributed by atoms with Crippen LogP contribution in [0.4, 0.5) is 14.5 Å². The first-order valence-electron chi connectivity index (χ1n) is 8.82. The van der Waals surface area contributed by atoms with Gasteiger partial charge in [0, 0.05) is 4.47 Å². The van der Waals surface area contributed by atoms with Crippen LogP contribution in [0, 0.1) is 11.6 Å². The smallest absolute Gasteiger partial charge is 0.242 e. The average Bonchev–Trinajstić information content (AvgIpc) is 2.70. The number of sulfonamides is 1. The van der Waals surface area contributed by atoms with Crippen LogP contribution in [-0.4, -0.2) is 20.4 Å². The third kappa shape index (κ3) is 5.71. The van der Waals surface area contributed by atoms with Crippen LogP contribution in [0.2, 0.25) is 0 Å². The van der Waals surface area contributed by atoms with Gasteiger partial charge in [0.25, 0.3) is 0 Å². The molecule has 3 aromatic rings. The standard InChI is InChI=1S/C21H17BrF2N2O3S/c22-15-6-11-19(18(24)13-15)25-21(27)20(12-14-4-2-1-3-5-14)26-30(28,29)17-9-7-16(23)8-10-17/h1-11,13,20,26H,12H2,(H,25,27)/t20-/m0/s1. The number of rotatable bonds is 7. The van der Waals surface area contributed by atoms with Gasteiger partial charge < -0.3 is 5.32 Å². The molecule has 1 atom stereocenters. The van der Waals surface area contributed by atoms with Crippen LogP contribution in [0.5, 0.6) is 0 Å². The molecule has 30 heavy (non-hydrogen) atoms. The molecule has 0 unspecified atom stereocenters. The van der Waals surface area contributed by atoms with Gasteiger partial charge in [-0.05, 0) is 54.4 Å². The SMILES string of the molecule is O=C(Nc1ccc(Br)cc1F)[C@H](Cc1ccccc1)NS(=O)(=O)c1ccc(F)cc1. The van der Waals surface area contributed by atoms with Gasteiger partial charge in [-0.3, -0.25) is 4.79 Å². The van der Waals surface area contributed by atoms with Gasteiger partial charge in [0.1, 0.15) is 17.7 Å². The van der Waals surface area contributed by atoms with Gasteiger partial charge in [0.05, 0.1) is 10.6 Å². The van der Waals surface area contributed by atoms with E-state index in [-0.39, 0.29) is 17.0 Å². The largest absolute Gasteiger partial charge is 0.322 e. The van der Waals surface area contributed by atoms with Crippen molar-refractivity contribution in [2.24, 2.45) is 0 Å². The minimum atomic E-state index is -4.13. The Labute approximate surface area is 181 Å². The quantitative estimate of drug-likeness (QED) is 0.515. The lowest BCUT2D eigenvalue weighted by atomic mass is 10.1. The molecule has 0 fully saturated rings. The van der Waals surface area contributed by atoms with Crippen molar-refractivity contribution in [2.45, 2.75) is 17.4 Å². The normalized spacial score (nSPS) is 12.4. The second kappa shape index (κ2) is 9.46. The molecule has 0 radical (unpaired) electrons. The van der Waals surface area contributed by atoms with Crippen molar-refractivity contribution >= 4 is 37.5 Å². The number of anilines is 1. The zero-order valence-electron chi connectivity index (χ0n) is 15.5. The molecule has 5 nitrogen and oxygen atoms in total. The van der Waals surface area contributed by atoms with E-state index in [1.54, 1.807) is 36.4 Å². The lowest BCUT2D eigenvalue weighted by molar-refractivity contribution is -0.117. The molecule has 0 spiro atoms. The third-order valence-electron chi connectivity index (χ3n) is 4.21. The van der Waals surface area contributed by atoms with E-state index in [1.807, 2.05) is 0 Å². The van der Waals surface area contributed by atoms with Gasteiger partial charge in [-0.1, -0.05) is 46.3 Å². The van der Waals surface area contributed by atoms with Gasteiger partial charge in [-0.2, -0.15) is 4.72 Å². The van der Waals surface area contributed by atoms with Gasteiger partial charge in [0.15, 0.2) is 0 Å². The highest BCUT2D eigenvalue weighted by Gasteiger charge is 2.27. The summed E-state index contributed by atoms with van der Waals surface area (Å²) in [4.78, 5) is 12.7. The highest BCUT2D eigenvalue weighted by molar-refractivity contribution is 9.10. The second-order valence-electron chi connectivity index (χ2n) is 6.43. The maximum atomic E-state index is 14.1. The van der Waals surface area contributed by atoms with Crippen molar-refractivity contribution in [1.29, 1.82) is 0 Å². The monoisotopic (exact) mass is 494 g/mol. The summed E-state index contributed by atoms with van der Waals surface area (Å²) in [6.07, 6.45) is 0.0330. The van der Waals surface area contributed by atoms with Crippen LogP contribution in [-0.2, 0) is 21.2 Å².